The lowest BCUT2D eigenvalue weighted by Crippen LogP contribution is -2.32. The molecule has 1 aromatic carbocycles. The number of rotatable bonds is 3. The summed E-state index contributed by atoms with van der Waals surface area (Å²) in [5, 5.41) is 8.30. The van der Waals surface area contributed by atoms with E-state index < -0.39 is 20.0 Å². The van der Waals surface area contributed by atoms with Gasteiger partial charge < -0.3 is 5.32 Å². The van der Waals surface area contributed by atoms with E-state index in [-0.39, 0.29) is 9.79 Å². The van der Waals surface area contributed by atoms with Gasteiger partial charge in [0, 0.05) is 13.1 Å². The molecule has 21 heavy (non-hydrogen) atoms. The summed E-state index contributed by atoms with van der Waals surface area (Å²) in [7, 11) is -7.60. The van der Waals surface area contributed by atoms with Crippen molar-refractivity contribution in [2.45, 2.75) is 9.79 Å². The SMILES string of the molecule is NS(=O)(=O)c1cccc(S(=O)(=O)N2CC3CNCC3C2)c1. The molecule has 2 fully saturated rings. The number of hydrogen-bond donors (Lipinski definition) is 2. The van der Waals surface area contributed by atoms with Crippen LogP contribution in [0.4, 0.5) is 0 Å². The smallest absolute Gasteiger partial charge is 0.243 e. The molecule has 0 radical (unpaired) electrons. The standard InChI is InChI=1S/C12H17N3O4S2/c13-20(16,17)11-2-1-3-12(4-11)21(18,19)15-7-9-5-14-6-10(9)8-15/h1-4,9-10,14H,5-8H2,(H2,13,16,17). The molecule has 0 spiro atoms. The summed E-state index contributed by atoms with van der Waals surface area (Å²) in [6, 6.07) is 5.20. The van der Waals surface area contributed by atoms with Gasteiger partial charge in [-0.2, -0.15) is 4.31 Å². The molecule has 0 aromatic heterocycles. The van der Waals surface area contributed by atoms with Crippen LogP contribution in [0.15, 0.2) is 34.1 Å². The zero-order valence-corrected chi connectivity index (χ0v) is 12.9. The van der Waals surface area contributed by atoms with E-state index in [1.807, 2.05) is 0 Å². The molecule has 2 unspecified atom stereocenters. The number of nitrogens with two attached hydrogens (primary N) is 1. The molecule has 3 N–H and O–H groups in total. The number of nitrogens with one attached hydrogen (secondary N) is 1. The molecular weight excluding hydrogens is 314 g/mol. The number of sulfonamides is 2. The van der Waals surface area contributed by atoms with Gasteiger partial charge in [-0.05, 0) is 43.1 Å². The van der Waals surface area contributed by atoms with E-state index in [9.17, 15) is 16.8 Å². The van der Waals surface area contributed by atoms with E-state index in [1.165, 1.54) is 22.5 Å². The molecule has 0 saturated carbocycles. The fraction of sp³-hybridized carbons (Fsp3) is 0.500. The Morgan fingerprint density at radius 3 is 2.19 bits per heavy atom. The van der Waals surface area contributed by atoms with Gasteiger partial charge in [0.1, 0.15) is 0 Å². The van der Waals surface area contributed by atoms with Crippen LogP contribution in [0.2, 0.25) is 0 Å². The van der Waals surface area contributed by atoms with Gasteiger partial charge in [0.2, 0.25) is 20.0 Å². The van der Waals surface area contributed by atoms with Gasteiger partial charge >= 0.3 is 0 Å². The van der Waals surface area contributed by atoms with E-state index in [2.05, 4.69) is 5.32 Å². The van der Waals surface area contributed by atoms with Crippen LogP contribution < -0.4 is 10.5 Å². The second-order valence-electron chi connectivity index (χ2n) is 5.52. The highest BCUT2D eigenvalue weighted by Crippen LogP contribution is 2.31. The lowest BCUT2D eigenvalue weighted by Gasteiger charge is -2.17. The Morgan fingerprint density at radius 1 is 1.05 bits per heavy atom. The van der Waals surface area contributed by atoms with Gasteiger partial charge in [-0.15, -0.1) is 0 Å². The Labute approximate surface area is 124 Å². The maximum atomic E-state index is 12.6. The highest BCUT2D eigenvalue weighted by atomic mass is 32.2. The molecule has 116 valence electrons. The topological polar surface area (TPSA) is 110 Å². The molecule has 2 aliphatic heterocycles. The lowest BCUT2D eigenvalue weighted by molar-refractivity contribution is 0.448. The molecule has 1 aromatic rings. The highest BCUT2D eigenvalue weighted by Gasteiger charge is 2.41. The fourth-order valence-corrected chi connectivity index (χ4v) is 5.20. The summed E-state index contributed by atoms with van der Waals surface area (Å²) in [6.45, 7) is 2.60. The maximum Gasteiger partial charge on any atom is 0.243 e. The molecule has 9 heteroatoms. The van der Waals surface area contributed by atoms with Gasteiger partial charge in [0.15, 0.2) is 0 Å². The summed E-state index contributed by atoms with van der Waals surface area (Å²) in [6.07, 6.45) is 0. The van der Waals surface area contributed by atoms with Crippen LogP contribution in [-0.4, -0.2) is 47.3 Å². The zero-order valence-electron chi connectivity index (χ0n) is 11.3. The molecule has 0 aliphatic carbocycles. The van der Waals surface area contributed by atoms with Crippen LogP contribution in [0.25, 0.3) is 0 Å². The number of primary sulfonamides is 1. The molecule has 2 heterocycles. The van der Waals surface area contributed by atoms with Gasteiger partial charge in [-0.3, -0.25) is 0 Å². The average molecular weight is 331 g/mol. The quantitative estimate of drug-likeness (QED) is 0.751. The minimum Gasteiger partial charge on any atom is -0.316 e. The molecule has 7 nitrogen and oxygen atoms in total. The first kappa shape index (κ1) is 14.9. The van der Waals surface area contributed by atoms with Crippen molar-refractivity contribution >= 4 is 20.0 Å². The summed E-state index contributed by atoms with van der Waals surface area (Å²) in [4.78, 5) is -0.216. The van der Waals surface area contributed by atoms with Crippen LogP contribution in [0, 0.1) is 11.8 Å². The van der Waals surface area contributed by atoms with Gasteiger partial charge in [0.25, 0.3) is 0 Å². The number of benzene rings is 1. The van der Waals surface area contributed by atoms with Crippen LogP contribution in [0.3, 0.4) is 0 Å². The second kappa shape index (κ2) is 5.03. The van der Waals surface area contributed by atoms with E-state index in [0.717, 1.165) is 19.2 Å². The monoisotopic (exact) mass is 331 g/mol. The Bertz CT molecular complexity index is 748. The van der Waals surface area contributed by atoms with Gasteiger partial charge in [-0.25, -0.2) is 22.0 Å². The van der Waals surface area contributed by atoms with Crippen molar-refractivity contribution in [1.82, 2.24) is 9.62 Å². The largest absolute Gasteiger partial charge is 0.316 e. The average Bonchev–Trinajstić information content (AvgIpc) is 2.98. The second-order valence-corrected chi connectivity index (χ2v) is 9.02. The Morgan fingerprint density at radius 2 is 1.62 bits per heavy atom. The minimum absolute atomic E-state index is 0.0260. The van der Waals surface area contributed by atoms with Crippen molar-refractivity contribution < 1.29 is 16.8 Å². The van der Waals surface area contributed by atoms with Crippen molar-refractivity contribution in [3.05, 3.63) is 24.3 Å². The number of nitrogens with zero attached hydrogens (tertiary/aromatic N) is 1. The van der Waals surface area contributed by atoms with Crippen molar-refractivity contribution in [3.8, 4) is 0 Å². The lowest BCUT2D eigenvalue weighted by atomic mass is 10.0. The number of fused-ring (bicyclic) bond motifs is 1. The van der Waals surface area contributed by atoms with Crippen LogP contribution in [0.5, 0.6) is 0 Å². The molecule has 0 bridgehead atoms. The van der Waals surface area contributed by atoms with Crippen LogP contribution in [-0.2, 0) is 20.0 Å². The third-order valence-electron chi connectivity index (χ3n) is 4.13. The molecule has 2 aliphatic rings. The highest BCUT2D eigenvalue weighted by molar-refractivity contribution is 7.90. The summed E-state index contributed by atoms with van der Waals surface area (Å²) in [5.74, 6) is 0.669. The predicted octanol–water partition coefficient (Wildman–Crippen LogP) is -0.826. The van der Waals surface area contributed by atoms with Gasteiger partial charge in [-0.1, -0.05) is 6.07 Å². The zero-order chi connectivity index (χ0) is 15.3. The summed E-state index contributed by atoms with van der Waals surface area (Å²) >= 11 is 0. The normalized spacial score (nSPS) is 26.9. The van der Waals surface area contributed by atoms with E-state index in [0.29, 0.717) is 24.9 Å². The van der Waals surface area contributed by atoms with Crippen LogP contribution >= 0.6 is 0 Å². The maximum absolute atomic E-state index is 12.6. The van der Waals surface area contributed by atoms with Crippen molar-refractivity contribution in [1.29, 1.82) is 0 Å². The Kier molecular flexibility index (Phi) is 3.57. The third kappa shape index (κ3) is 2.71. The van der Waals surface area contributed by atoms with E-state index in [1.54, 1.807) is 0 Å². The van der Waals surface area contributed by atoms with Crippen molar-refractivity contribution in [2.75, 3.05) is 26.2 Å². The predicted molar refractivity (Wildman–Crippen MR) is 76.4 cm³/mol. The number of hydrogen-bond acceptors (Lipinski definition) is 5. The Balaban J connectivity index is 1.92. The van der Waals surface area contributed by atoms with E-state index >= 15 is 0 Å². The molecule has 2 atom stereocenters. The first-order valence-corrected chi connectivity index (χ1v) is 9.61. The van der Waals surface area contributed by atoms with Crippen molar-refractivity contribution in [2.24, 2.45) is 17.0 Å². The minimum atomic E-state index is -3.92. The first-order chi connectivity index (χ1) is 9.78. The van der Waals surface area contributed by atoms with Gasteiger partial charge in [0.05, 0.1) is 9.79 Å². The summed E-state index contributed by atoms with van der Waals surface area (Å²) < 4.78 is 49.4. The molecular formula is C12H17N3O4S2. The molecule has 0 amide bonds. The van der Waals surface area contributed by atoms with E-state index in [4.69, 9.17) is 5.14 Å². The molecule has 2 saturated heterocycles. The van der Waals surface area contributed by atoms with Crippen molar-refractivity contribution in [3.63, 3.8) is 0 Å². The fourth-order valence-electron chi connectivity index (χ4n) is 2.97. The van der Waals surface area contributed by atoms with Crippen LogP contribution in [0.1, 0.15) is 0 Å². The molecule has 3 rings (SSSR count). The third-order valence-corrected chi connectivity index (χ3v) is 6.87. The first-order valence-electron chi connectivity index (χ1n) is 6.62. The Hall–Kier alpha value is -1.00. The summed E-state index contributed by atoms with van der Waals surface area (Å²) in [5.41, 5.74) is 0.